The zero-order valence-corrected chi connectivity index (χ0v) is 16.2. The fourth-order valence-corrected chi connectivity index (χ4v) is 3.16. The topological polar surface area (TPSA) is 54.3 Å². The Bertz CT molecular complexity index is 1130. The third-order valence-corrected chi connectivity index (χ3v) is 4.99. The Balaban J connectivity index is 1.93. The van der Waals surface area contributed by atoms with Gasteiger partial charge in [-0.2, -0.15) is 0 Å². The van der Waals surface area contributed by atoms with Crippen molar-refractivity contribution >= 4 is 34.1 Å². The molecule has 0 spiro atoms. The van der Waals surface area contributed by atoms with Gasteiger partial charge in [0.25, 0.3) is 5.56 Å². The zero-order valence-electron chi connectivity index (χ0n) is 15.5. The molecule has 146 valence electrons. The number of halogens is 3. The second kappa shape index (κ2) is 7.59. The molecule has 1 N–H and O–H groups in total. The van der Waals surface area contributed by atoms with Gasteiger partial charge in [0.15, 0.2) is 0 Å². The number of amides is 2. The predicted octanol–water partition coefficient (Wildman–Crippen LogP) is 4.70. The van der Waals surface area contributed by atoms with E-state index in [1.165, 1.54) is 39.8 Å². The second-order valence-electron chi connectivity index (χ2n) is 6.54. The van der Waals surface area contributed by atoms with Crippen LogP contribution in [0.25, 0.3) is 10.8 Å². The van der Waals surface area contributed by atoms with Gasteiger partial charge in [0.2, 0.25) is 0 Å². The third-order valence-electron chi connectivity index (χ3n) is 4.70. The molecular formula is C20H18ClF2N3O2. The molecule has 0 aliphatic rings. The van der Waals surface area contributed by atoms with E-state index < -0.39 is 23.7 Å². The van der Waals surface area contributed by atoms with Crippen LogP contribution < -0.4 is 10.9 Å². The van der Waals surface area contributed by atoms with Crippen LogP contribution in [0.5, 0.6) is 0 Å². The van der Waals surface area contributed by atoms with Gasteiger partial charge in [-0.1, -0.05) is 17.7 Å². The maximum Gasteiger partial charge on any atom is 0.322 e. The molecule has 3 rings (SSSR count). The highest BCUT2D eigenvalue weighted by atomic mass is 35.5. The number of hydrogen-bond acceptors (Lipinski definition) is 2. The molecule has 5 nitrogen and oxygen atoms in total. The summed E-state index contributed by atoms with van der Waals surface area (Å²) < 4.78 is 28.3. The maximum atomic E-state index is 13.6. The van der Waals surface area contributed by atoms with Gasteiger partial charge < -0.3 is 14.8 Å². The van der Waals surface area contributed by atoms with Gasteiger partial charge in [-0.15, -0.1) is 0 Å². The summed E-state index contributed by atoms with van der Waals surface area (Å²) in [6.45, 7) is 1.79. The number of nitrogens with zero attached hydrogens (tertiary/aromatic N) is 2. The molecule has 0 saturated carbocycles. The maximum absolute atomic E-state index is 13.6. The molecule has 0 aliphatic carbocycles. The van der Waals surface area contributed by atoms with Crippen LogP contribution in [0.15, 0.2) is 47.4 Å². The largest absolute Gasteiger partial charge is 0.322 e. The summed E-state index contributed by atoms with van der Waals surface area (Å²) in [5.74, 6) is -1.08. The minimum atomic E-state index is -0.578. The molecule has 0 fully saturated rings. The fourth-order valence-electron chi connectivity index (χ4n) is 2.97. The van der Waals surface area contributed by atoms with Crippen molar-refractivity contribution in [3.63, 3.8) is 0 Å². The molecule has 1 aromatic heterocycles. The number of anilines is 1. The van der Waals surface area contributed by atoms with Crippen molar-refractivity contribution in [2.24, 2.45) is 7.05 Å². The van der Waals surface area contributed by atoms with Crippen LogP contribution in [-0.2, 0) is 7.05 Å². The molecule has 2 amide bonds. The number of carbonyl (C=O) groups is 1. The zero-order chi connectivity index (χ0) is 20.6. The summed E-state index contributed by atoms with van der Waals surface area (Å²) >= 11 is 5.74. The van der Waals surface area contributed by atoms with Gasteiger partial charge >= 0.3 is 6.03 Å². The van der Waals surface area contributed by atoms with Crippen LogP contribution >= 0.6 is 11.6 Å². The highest BCUT2D eigenvalue weighted by molar-refractivity contribution is 6.31. The Hall–Kier alpha value is -2.93. The molecular weight excluding hydrogens is 388 g/mol. The lowest BCUT2D eigenvalue weighted by atomic mass is 10.0. The number of carbonyl (C=O) groups excluding carboxylic acids is 1. The first-order valence-corrected chi connectivity index (χ1v) is 8.84. The first-order valence-electron chi connectivity index (χ1n) is 8.46. The van der Waals surface area contributed by atoms with Gasteiger partial charge in [-0.25, -0.2) is 13.6 Å². The van der Waals surface area contributed by atoms with Crippen molar-refractivity contribution in [2.75, 3.05) is 12.4 Å². The minimum absolute atomic E-state index is 0.0976. The van der Waals surface area contributed by atoms with Crippen LogP contribution in [0.3, 0.4) is 0 Å². The Kier molecular flexibility index (Phi) is 5.38. The van der Waals surface area contributed by atoms with Crippen molar-refractivity contribution in [1.82, 2.24) is 9.47 Å². The molecule has 1 atom stereocenters. The van der Waals surface area contributed by atoms with E-state index in [1.807, 2.05) is 0 Å². The molecule has 0 unspecified atom stereocenters. The molecule has 0 aliphatic heterocycles. The summed E-state index contributed by atoms with van der Waals surface area (Å²) in [6, 6.07) is 7.00. The quantitative estimate of drug-likeness (QED) is 0.687. The number of benzene rings is 2. The molecule has 0 bridgehead atoms. The van der Waals surface area contributed by atoms with Crippen LogP contribution in [0.1, 0.15) is 18.5 Å². The molecule has 0 saturated heterocycles. The van der Waals surface area contributed by atoms with E-state index in [1.54, 1.807) is 27.2 Å². The molecule has 28 heavy (non-hydrogen) atoms. The minimum Gasteiger partial charge on any atom is -0.321 e. The van der Waals surface area contributed by atoms with Crippen molar-refractivity contribution in [3.8, 4) is 0 Å². The molecule has 2 aromatic carbocycles. The lowest BCUT2D eigenvalue weighted by molar-refractivity contribution is 0.208. The first-order chi connectivity index (χ1) is 13.2. The summed E-state index contributed by atoms with van der Waals surface area (Å²) in [5.41, 5.74) is 0.716. The Labute approximate surface area is 165 Å². The van der Waals surface area contributed by atoms with Crippen LogP contribution in [0.2, 0.25) is 5.02 Å². The van der Waals surface area contributed by atoms with Crippen molar-refractivity contribution in [2.45, 2.75) is 13.0 Å². The molecule has 3 aromatic rings. The summed E-state index contributed by atoms with van der Waals surface area (Å²) in [6.07, 6.45) is 1.63. The summed E-state index contributed by atoms with van der Waals surface area (Å²) in [5, 5.41) is 3.37. The van der Waals surface area contributed by atoms with Crippen LogP contribution in [-0.4, -0.2) is 22.5 Å². The van der Waals surface area contributed by atoms with E-state index in [2.05, 4.69) is 5.32 Å². The number of nitrogens with one attached hydrogen (secondary N) is 1. The lowest BCUT2D eigenvalue weighted by Crippen LogP contribution is -2.34. The summed E-state index contributed by atoms with van der Waals surface area (Å²) in [7, 11) is 3.16. The Morgan fingerprint density at radius 2 is 1.89 bits per heavy atom. The third kappa shape index (κ3) is 3.71. The van der Waals surface area contributed by atoms with Gasteiger partial charge in [0.05, 0.1) is 16.5 Å². The number of urea groups is 1. The van der Waals surface area contributed by atoms with Gasteiger partial charge in [0.1, 0.15) is 11.6 Å². The number of fused-ring (bicyclic) bond motifs is 1. The lowest BCUT2D eigenvalue weighted by Gasteiger charge is -2.27. The van der Waals surface area contributed by atoms with Crippen molar-refractivity contribution in [1.29, 1.82) is 0 Å². The van der Waals surface area contributed by atoms with Gasteiger partial charge in [0, 0.05) is 26.0 Å². The van der Waals surface area contributed by atoms with E-state index in [4.69, 9.17) is 11.6 Å². The average molecular weight is 406 g/mol. The van der Waals surface area contributed by atoms with E-state index in [-0.39, 0.29) is 16.0 Å². The standard InChI is InChI=1S/C20H18ClF2N3O2/c1-11(26(3)20(28)24-13-5-7-18(23)17(21)9-13)16-10-25(2)19(27)15-8-12(22)4-6-14(15)16/h4-11H,1-3H3,(H,24,28)/t11-/m1/s1. The second-order valence-corrected chi connectivity index (χ2v) is 6.94. The van der Waals surface area contributed by atoms with E-state index in [0.717, 1.165) is 6.07 Å². The normalized spacial score (nSPS) is 12.1. The van der Waals surface area contributed by atoms with Crippen LogP contribution in [0.4, 0.5) is 19.3 Å². The predicted molar refractivity (Wildman–Crippen MR) is 106 cm³/mol. The van der Waals surface area contributed by atoms with Crippen LogP contribution in [0, 0.1) is 11.6 Å². The number of aryl methyl sites for hydroxylation is 1. The summed E-state index contributed by atoms with van der Waals surface area (Å²) in [4.78, 5) is 26.4. The highest BCUT2D eigenvalue weighted by Crippen LogP contribution is 2.27. The van der Waals surface area contributed by atoms with E-state index in [0.29, 0.717) is 16.6 Å². The van der Waals surface area contributed by atoms with Crippen molar-refractivity contribution in [3.05, 3.63) is 75.2 Å². The smallest absolute Gasteiger partial charge is 0.321 e. The number of hydrogen-bond donors (Lipinski definition) is 1. The molecule has 8 heteroatoms. The number of rotatable bonds is 3. The van der Waals surface area contributed by atoms with E-state index in [9.17, 15) is 18.4 Å². The fraction of sp³-hybridized carbons (Fsp3) is 0.200. The number of aromatic nitrogens is 1. The molecule has 1 heterocycles. The van der Waals surface area contributed by atoms with Crippen molar-refractivity contribution < 1.29 is 13.6 Å². The van der Waals surface area contributed by atoms with Gasteiger partial charge in [-0.05, 0) is 48.2 Å². The monoisotopic (exact) mass is 405 g/mol. The Morgan fingerprint density at radius 1 is 1.18 bits per heavy atom. The van der Waals surface area contributed by atoms with E-state index >= 15 is 0 Å². The number of pyridine rings is 1. The SMILES string of the molecule is C[C@H](c1cn(C)c(=O)c2cc(F)ccc12)N(C)C(=O)Nc1ccc(F)c(Cl)c1. The first kappa shape index (κ1) is 19.8. The Morgan fingerprint density at radius 3 is 2.57 bits per heavy atom. The molecule has 0 radical (unpaired) electrons. The van der Waals surface area contributed by atoms with Gasteiger partial charge in [-0.3, -0.25) is 4.79 Å². The average Bonchev–Trinajstić information content (AvgIpc) is 2.66. The highest BCUT2D eigenvalue weighted by Gasteiger charge is 2.21.